The molecule has 2 aliphatic rings. The Morgan fingerprint density at radius 2 is 2.12 bits per heavy atom. The molecule has 1 saturated heterocycles. The van der Waals surface area contributed by atoms with Gasteiger partial charge in [-0.3, -0.25) is 19.9 Å². The molecule has 2 unspecified atom stereocenters. The van der Waals surface area contributed by atoms with Gasteiger partial charge in [0.2, 0.25) is 6.29 Å². The number of nitro groups is 1. The van der Waals surface area contributed by atoms with Crippen molar-refractivity contribution in [2.75, 3.05) is 13.2 Å². The Hall–Kier alpha value is -3.58. The van der Waals surface area contributed by atoms with Crippen LogP contribution in [-0.2, 0) is 23.8 Å². The minimum absolute atomic E-state index is 0.00628. The van der Waals surface area contributed by atoms with Crippen LogP contribution in [0.4, 0.5) is 5.69 Å². The predicted molar refractivity (Wildman–Crippen MR) is 116 cm³/mol. The standard InChI is InChI=1S/C23H25N3O7/c1-14-19(22(27)32-12-6-10-24)21(16-7-5-8-17(13-16)26(29)30)20(15(2)25-14)23(28)33-18-9-3-4-11-31-18/h5,7-8,13,18,20-21H,3-4,6,9,11-12H2,1-2H3/t18?,20?,21-/m1/s1. The first-order valence-corrected chi connectivity index (χ1v) is 10.7. The summed E-state index contributed by atoms with van der Waals surface area (Å²) < 4.78 is 16.4. The molecule has 0 spiro atoms. The topological polar surface area (TPSA) is 141 Å². The molecule has 0 aliphatic carbocycles. The van der Waals surface area contributed by atoms with Gasteiger partial charge in [-0.2, -0.15) is 5.26 Å². The van der Waals surface area contributed by atoms with Gasteiger partial charge >= 0.3 is 11.9 Å². The van der Waals surface area contributed by atoms with E-state index in [4.69, 9.17) is 19.5 Å². The van der Waals surface area contributed by atoms with Crippen molar-refractivity contribution in [2.24, 2.45) is 10.9 Å². The van der Waals surface area contributed by atoms with Gasteiger partial charge in [0.15, 0.2) is 0 Å². The van der Waals surface area contributed by atoms with Crippen LogP contribution >= 0.6 is 0 Å². The summed E-state index contributed by atoms with van der Waals surface area (Å²) in [6, 6.07) is 7.67. The number of aliphatic imine (C=N–C) groups is 1. The molecule has 0 radical (unpaired) electrons. The summed E-state index contributed by atoms with van der Waals surface area (Å²) in [5.74, 6) is -3.27. The van der Waals surface area contributed by atoms with Crippen molar-refractivity contribution in [3.63, 3.8) is 0 Å². The third-order valence-corrected chi connectivity index (χ3v) is 5.57. The van der Waals surface area contributed by atoms with Gasteiger partial charge in [0.05, 0.1) is 29.6 Å². The summed E-state index contributed by atoms with van der Waals surface area (Å²) in [5, 5.41) is 20.1. The number of hydrogen-bond acceptors (Lipinski definition) is 9. The van der Waals surface area contributed by atoms with Crippen molar-refractivity contribution in [1.82, 2.24) is 0 Å². The number of benzene rings is 1. The Kier molecular flexibility index (Phi) is 7.90. The average molecular weight is 455 g/mol. The summed E-state index contributed by atoms with van der Waals surface area (Å²) in [6.45, 7) is 3.63. The number of ether oxygens (including phenoxy) is 3. The van der Waals surface area contributed by atoms with E-state index >= 15 is 0 Å². The number of carbonyl (C=O) groups is 2. The molecule has 33 heavy (non-hydrogen) atoms. The van der Waals surface area contributed by atoms with E-state index in [1.54, 1.807) is 19.9 Å². The van der Waals surface area contributed by atoms with Crippen LogP contribution in [0.3, 0.4) is 0 Å². The third-order valence-electron chi connectivity index (χ3n) is 5.57. The van der Waals surface area contributed by atoms with E-state index in [2.05, 4.69) is 4.99 Å². The van der Waals surface area contributed by atoms with Crippen molar-refractivity contribution in [2.45, 2.75) is 51.7 Å². The van der Waals surface area contributed by atoms with Crippen LogP contribution < -0.4 is 0 Å². The number of nitrogens with zero attached hydrogens (tertiary/aromatic N) is 3. The summed E-state index contributed by atoms with van der Waals surface area (Å²) in [4.78, 5) is 41.5. The summed E-state index contributed by atoms with van der Waals surface area (Å²) in [7, 11) is 0. The molecule has 10 nitrogen and oxygen atoms in total. The number of non-ortho nitro benzene ring substituents is 1. The SMILES string of the molecule is CC1=NC(C)=C(C(=O)OCCC#N)[C@@H](c2cccc([N+](=O)[O-])c2)C1C(=O)OC1CCCCO1. The smallest absolute Gasteiger partial charge is 0.336 e. The van der Waals surface area contributed by atoms with Crippen molar-refractivity contribution in [1.29, 1.82) is 5.26 Å². The van der Waals surface area contributed by atoms with Crippen LogP contribution in [-0.4, -0.2) is 42.1 Å². The fraction of sp³-hybridized carbons (Fsp3) is 0.478. The van der Waals surface area contributed by atoms with Crippen molar-refractivity contribution in [3.05, 3.63) is 51.2 Å². The number of esters is 2. The number of nitriles is 1. The van der Waals surface area contributed by atoms with Crippen LogP contribution in [0, 0.1) is 27.4 Å². The van der Waals surface area contributed by atoms with Gasteiger partial charge in [0.1, 0.15) is 12.5 Å². The molecule has 0 amide bonds. The van der Waals surface area contributed by atoms with Gasteiger partial charge in [-0.25, -0.2) is 4.79 Å². The molecule has 1 aromatic carbocycles. The van der Waals surface area contributed by atoms with Gasteiger partial charge < -0.3 is 14.2 Å². The summed E-state index contributed by atoms with van der Waals surface area (Å²) in [6.07, 6.45) is 1.62. The Morgan fingerprint density at radius 3 is 2.79 bits per heavy atom. The number of carbonyl (C=O) groups excluding carboxylic acids is 2. The summed E-state index contributed by atoms with van der Waals surface area (Å²) >= 11 is 0. The minimum atomic E-state index is -1.00. The van der Waals surface area contributed by atoms with E-state index in [9.17, 15) is 19.7 Å². The molecule has 0 aromatic heterocycles. The average Bonchev–Trinajstić information content (AvgIpc) is 2.79. The second-order valence-electron chi connectivity index (χ2n) is 7.84. The van der Waals surface area contributed by atoms with Crippen LogP contribution in [0.15, 0.2) is 40.5 Å². The Balaban J connectivity index is 2.03. The molecule has 3 rings (SSSR count). The largest absolute Gasteiger partial charge is 0.461 e. The molecule has 1 aromatic rings. The fourth-order valence-electron chi connectivity index (χ4n) is 4.07. The molecular formula is C23H25N3O7. The first kappa shape index (κ1) is 24.1. The van der Waals surface area contributed by atoms with Gasteiger partial charge in [-0.05, 0) is 32.3 Å². The van der Waals surface area contributed by atoms with Crippen molar-refractivity contribution < 1.29 is 28.7 Å². The molecule has 0 bridgehead atoms. The lowest BCUT2D eigenvalue weighted by Gasteiger charge is -2.33. The molecular weight excluding hydrogens is 430 g/mol. The second-order valence-corrected chi connectivity index (χ2v) is 7.84. The fourth-order valence-corrected chi connectivity index (χ4v) is 4.07. The monoisotopic (exact) mass is 455 g/mol. The van der Waals surface area contributed by atoms with E-state index in [0.29, 0.717) is 30.0 Å². The van der Waals surface area contributed by atoms with Crippen LogP contribution in [0.5, 0.6) is 0 Å². The maximum absolute atomic E-state index is 13.3. The lowest BCUT2D eigenvalue weighted by molar-refractivity contribution is -0.384. The van der Waals surface area contributed by atoms with E-state index in [1.165, 1.54) is 18.2 Å². The van der Waals surface area contributed by atoms with Gasteiger partial charge in [-0.15, -0.1) is 0 Å². The first-order chi connectivity index (χ1) is 15.8. The highest BCUT2D eigenvalue weighted by Crippen LogP contribution is 2.41. The number of hydrogen-bond donors (Lipinski definition) is 0. The van der Waals surface area contributed by atoms with E-state index in [-0.39, 0.29) is 24.3 Å². The summed E-state index contributed by atoms with van der Waals surface area (Å²) in [5.41, 5.74) is 1.06. The van der Waals surface area contributed by atoms with Crippen LogP contribution in [0.25, 0.3) is 0 Å². The molecule has 0 saturated carbocycles. The Morgan fingerprint density at radius 1 is 1.33 bits per heavy atom. The maximum Gasteiger partial charge on any atom is 0.336 e. The quantitative estimate of drug-likeness (QED) is 0.263. The third kappa shape index (κ3) is 5.62. The molecule has 3 atom stereocenters. The zero-order valence-electron chi connectivity index (χ0n) is 18.5. The van der Waals surface area contributed by atoms with E-state index < -0.39 is 35.0 Å². The maximum atomic E-state index is 13.3. The zero-order valence-corrected chi connectivity index (χ0v) is 18.5. The molecule has 174 valence electrons. The lowest BCUT2D eigenvalue weighted by atomic mass is 9.75. The normalized spacial score (nSPS) is 22.7. The molecule has 10 heteroatoms. The van der Waals surface area contributed by atoms with Gasteiger partial charge in [0, 0.05) is 35.9 Å². The molecule has 2 aliphatic heterocycles. The van der Waals surface area contributed by atoms with E-state index in [1.807, 2.05) is 6.07 Å². The number of allylic oxidation sites excluding steroid dienone is 1. The molecule has 0 N–H and O–H groups in total. The van der Waals surface area contributed by atoms with Gasteiger partial charge in [0.25, 0.3) is 5.69 Å². The number of rotatable bonds is 7. The highest BCUT2D eigenvalue weighted by atomic mass is 16.7. The molecule has 2 heterocycles. The van der Waals surface area contributed by atoms with Crippen LogP contribution in [0.1, 0.15) is 51.0 Å². The van der Waals surface area contributed by atoms with E-state index in [0.717, 1.165) is 12.8 Å². The highest BCUT2D eigenvalue weighted by molar-refractivity contribution is 6.07. The first-order valence-electron chi connectivity index (χ1n) is 10.7. The predicted octanol–water partition coefficient (Wildman–Crippen LogP) is 3.57. The Bertz CT molecular complexity index is 1030. The highest BCUT2D eigenvalue weighted by Gasteiger charge is 2.43. The van der Waals surface area contributed by atoms with Crippen LogP contribution in [0.2, 0.25) is 0 Å². The molecule has 1 fully saturated rings. The van der Waals surface area contributed by atoms with Gasteiger partial charge in [-0.1, -0.05) is 12.1 Å². The zero-order chi connectivity index (χ0) is 24.0. The number of nitro benzene ring substituents is 1. The minimum Gasteiger partial charge on any atom is -0.461 e. The second kappa shape index (κ2) is 10.8. The lowest BCUT2D eigenvalue weighted by Crippen LogP contribution is -2.39. The van der Waals surface area contributed by atoms with Crippen molar-refractivity contribution >= 4 is 23.3 Å². The Labute approximate surface area is 191 Å². The van der Waals surface area contributed by atoms with Crippen molar-refractivity contribution in [3.8, 4) is 6.07 Å².